The second-order valence-electron chi connectivity index (χ2n) is 4.38. The first-order valence-corrected chi connectivity index (χ1v) is 6.79. The highest BCUT2D eigenvalue weighted by Crippen LogP contribution is 2.30. The molecule has 0 saturated heterocycles. The Morgan fingerprint density at radius 3 is 3.00 bits per heavy atom. The molecule has 1 aliphatic rings. The number of amides is 1. The fourth-order valence-corrected chi connectivity index (χ4v) is 3.07. The number of hydrogen-bond donors (Lipinski definition) is 1. The molecule has 6 nitrogen and oxygen atoms in total. The van der Waals surface area contributed by atoms with Gasteiger partial charge in [0.05, 0.1) is 5.69 Å². The van der Waals surface area contributed by atoms with Crippen LogP contribution < -0.4 is 10.9 Å². The summed E-state index contributed by atoms with van der Waals surface area (Å²) >= 11 is 1.51. The minimum atomic E-state index is -0.344. The van der Waals surface area contributed by atoms with Crippen molar-refractivity contribution in [3.05, 3.63) is 38.8 Å². The molecular formula is C12H12N4O2S. The minimum absolute atomic E-state index is 0.206. The number of aromatic nitrogens is 3. The van der Waals surface area contributed by atoms with Crippen molar-refractivity contribution >= 4 is 22.4 Å². The third-order valence-corrected chi connectivity index (χ3v) is 4.08. The lowest BCUT2D eigenvalue weighted by Gasteiger charge is -2.02. The van der Waals surface area contributed by atoms with Crippen molar-refractivity contribution in [1.29, 1.82) is 0 Å². The molecule has 0 atom stereocenters. The third-order valence-electron chi connectivity index (χ3n) is 3.01. The van der Waals surface area contributed by atoms with Gasteiger partial charge in [-0.2, -0.15) is 5.10 Å². The summed E-state index contributed by atoms with van der Waals surface area (Å²) in [5.41, 5.74) is 1.05. The Kier molecular flexibility index (Phi) is 2.90. The van der Waals surface area contributed by atoms with E-state index in [1.807, 2.05) is 0 Å². The lowest BCUT2D eigenvalue weighted by molar-refractivity contribution is 0.102. The van der Waals surface area contributed by atoms with Gasteiger partial charge >= 0.3 is 0 Å². The van der Waals surface area contributed by atoms with Crippen LogP contribution in [0.5, 0.6) is 0 Å². The van der Waals surface area contributed by atoms with Crippen LogP contribution in [0.3, 0.4) is 0 Å². The molecule has 0 bridgehead atoms. The predicted octanol–water partition coefficient (Wildman–Crippen LogP) is 0.978. The quantitative estimate of drug-likeness (QED) is 0.887. The number of rotatable bonds is 2. The Hall–Kier alpha value is -2.02. The van der Waals surface area contributed by atoms with Crippen LogP contribution in [0.25, 0.3) is 0 Å². The van der Waals surface area contributed by atoms with Gasteiger partial charge in [-0.1, -0.05) is 0 Å². The summed E-state index contributed by atoms with van der Waals surface area (Å²) in [4.78, 5) is 28.8. The highest BCUT2D eigenvalue weighted by Gasteiger charge is 2.18. The summed E-state index contributed by atoms with van der Waals surface area (Å²) < 4.78 is 1.14. The van der Waals surface area contributed by atoms with Gasteiger partial charge in [0, 0.05) is 18.0 Å². The molecule has 0 radical (unpaired) electrons. The van der Waals surface area contributed by atoms with Crippen LogP contribution in [0, 0.1) is 0 Å². The molecule has 19 heavy (non-hydrogen) atoms. The largest absolute Gasteiger partial charge is 0.296 e. The lowest BCUT2D eigenvalue weighted by atomic mass is 10.3. The molecule has 3 rings (SSSR count). The summed E-state index contributed by atoms with van der Waals surface area (Å²) in [5.74, 6) is -0.344. The molecule has 1 aliphatic carbocycles. The maximum atomic E-state index is 12.0. The molecule has 0 unspecified atom stereocenters. The van der Waals surface area contributed by atoms with E-state index in [0.29, 0.717) is 5.13 Å². The number of anilines is 1. The van der Waals surface area contributed by atoms with E-state index in [-0.39, 0.29) is 17.2 Å². The average Bonchev–Trinajstić information content (AvgIpc) is 2.93. The minimum Gasteiger partial charge on any atom is -0.296 e. The van der Waals surface area contributed by atoms with Crippen molar-refractivity contribution in [2.45, 2.75) is 19.3 Å². The molecule has 1 amide bonds. The van der Waals surface area contributed by atoms with Gasteiger partial charge < -0.3 is 0 Å². The van der Waals surface area contributed by atoms with E-state index >= 15 is 0 Å². The third kappa shape index (κ3) is 2.28. The Balaban J connectivity index is 1.80. The molecule has 0 saturated carbocycles. The molecular weight excluding hydrogens is 264 g/mol. The van der Waals surface area contributed by atoms with Crippen LogP contribution >= 0.6 is 11.3 Å². The molecule has 0 spiro atoms. The van der Waals surface area contributed by atoms with Gasteiger partial charge in [0.2, 0.25) is 0 Å². The SMILES string of the molecule is Cn1nc(C(=O)Nc2nc3c(s2)CCC3)ccc1=O. The first kappa shape index (κ1) is 12.0. The monoisotopic (exact) mass is 276 g/mol. The summed E-state index contributed by atoms with van der Waals surface area (Å²) in [5, 5.41) is 7.23. The molecule has 7 heteroatoms. The van der Waals surface area contributed by atoms with Crippen molar-refractivity contribution in [2.75, 3.05) is 5.32 Å². The first-order valence-electron chi connectivity index (χ1n) is 5.98. The smallest absolute Gasteiger partial charge is 0.277 e. The molecule has 0 aliphatic heterocycles. The second-order valence-corrected chi connectivity index (χ2v) is 5.46. The number of aryl methyl sites for hydroxylation is 3. The zero-order valence-electron chi connectivity index (χ0n) is 10.3. The summed E-state index contributed by atoms with van der Waals surface area (Å²) in [6.45, 7) is 0. The molecule has 2 aromatic rings. The van der Waals surface area contributed by atoms with E-state index in [0.717, 1.165) is 29.6 Å². The van der Waals surface area contributed by atoms with Crippen LogP contribution in [0.4, 0.5) is 5.13 Å². The number of thiazole rings is 1. The Bertz CT molecular complexity index is 682. The molecule has 0 aromatic carbocycles. The van der Waals surface area contributed by atoms with Gasteiger partial charge in [-0.15, -0.1) is 11.3 Å². The number of hydrogen-bond acceptors (Lipinski definition) is 5. The van der Waals surface area contributed by atoms with Crippen LogP contribution in [-0.2, 0) is 19.9 Å². The van der Waals surface area contributed by atoms with E-state index < -0.39 is 0 Å². The van der Waals surface area contributed by atoms with E-state index in [9.17, 15) is 9.59 Å². The predicted molar refractivity (Wildman–Crippen MR) is 71.6 cm³/mol. The van der Waals surface area contributed by atoms with E-state index in [2.05, 4.69) is 15.4 Å². The standard InChI is InChI=1S/C12H12N4O2S/c1-16-10(17)6-5-8(15-16)11(18)14-12-13-7-3-2-4-9(7)19-12/h5-6H,2-4H2,1H3,(H,13,14,18). The number of carbonyl (C=O) groups excluding carboxylic acids is 1. The van der Waals surface area contributed by atoms with E-state index in [1.165, 1.54) is 35.4 Å². The molecule has 2 heterocycles. The van der Waals surface area contributed by atoms with Crippen molar-refractivity contribution in [3.63, 3.8) is 0 Å². The number of nitrogens with zero attached hydrogens (tertiary/aromatic N) is 3. The van der Waals surface area contributed by atoms with E-state index in [1.54, 1.807) is 0 Å². The Labute approximate surface area is 113 Å². The Morgan fingerprint density at radius 1 is 1.42 bits per heavy atom. The molecule has 2 aromatic heterocycles. The molecule has 1 N–H and O–H groups in total. The summed E-state index contributed by atoms with van der Waals surface area (Å²) in [6, 6.07) is 2.74. The van der Waals surface area contributed by atoms with Crippen LogP contribution in [-0.4, -0.2) is 20.7 Å². The van der Waals surface area contributed by atoms with Gasteiger partial charge in [0.1, 0.15) is 5.69 Å². The summed E-state index contributed by atoms with van der Waals surface area (Å²) in [7, 11) is 1.51. The van der Waals surface area contributed by atoms with Crippen molar-refractivity contribution in [2.24, 2.45) is 7.05 Å². The van der Waals surface area contributed by atoms with Gasteiger partial charge in [0.15, 0.2) is 5.13 Å². The Morgan fingerprint density at radius 2 is 2.26 bits per heavy atom. The topological polar surface area (TPSA) is 76.9 Å². The number of carbonyl (C=O) groups is 1. The molecule has 0 fully saturated rings. The number of fused-ring (bicyclic) bond motifs is 1. The number of nitrogens with one attached hydrogen (secondary N) is 1. The zero-order chi connectivity index (χ0) is 13.4. The van der Waals surface area contributed by atoms with Gasteiger partial charge in [-0.25, -0.2) is 9.67 Å². The van der Waals surface area contributed by atoms with E-state index in [4.69, 9.17) is 0 Å². The van der Waals surface area contributed by atoms with Gasteiger partial charge in [-0.3, -0.25) is 14.9 Å². The zero-order valence-corrected chi connectivity index (χ0v) is 11.2. The van der Waals surface area contributed by atoms with Crippen molar-refractivity contribution < 1.29 is 4.79 Å². The lowest BCUT2D eigenvalue weighted by Crippen LogP contribution is -2.23. The van der Waals surface area contributed by atoms with Crippen molar-refractivity contribution in [1.82, 2.24) is 14.8 Å². The summed E-state index contributed by atoms with van der Waals surface area (Å²) in [6.07, 6.45) is 3.17. The second kappa shape index (κ2) is 4.58. The highest BCUT2D eigenvalue weighted by molar-refractivity contribution is 7.15. The highest BCUT2D eigenvalue weighted by atomic mass is 32.1. The van der Waals surface area contributed by atoms with Crippen molar-refractivity contribution in [3.8, 4) is 0 Å². The normalized spacial score (nSPS) is 13.3. The fourth-order valence-electron chi connectivity index (χ4n) is 2.03. The maximum absolute atomic E-state index is 12.0. The fraction of sp³-hybridized carbons (Fsp3) is 0.333. The van der Waals surface area contributed by atoms with Gasteiger partial charge in [0.25, 0.3) is 11.5 Å². The van der Waals surface area contributed by atoms with Crippen LogP contribution in [0.15, 0.2) is 16.9 Å². The first-order chi connectivity index (χ1) is 9.13. The average molecular weight is 276 g/mol. The van der Waals surface area contributed by atoms with Gasteiger partial charge in [-0.05, 0) is 25.3 Å². The van der Waals surface area contributed by atoms with Crippen LogP contribution in [0.2, 0.25) is 0 Å². The molecule has 98 valence electrons. The van der Waals surface area contributed by atoms with Crippen LogP contribution in [0.1, 0.15) is 27.5 Å². The maximum Gasteiger partial charge on any atom is 0.277 e.